The van der Waals surface area contributed by atoms with Crippen molar-refractivity contribution in [2.24, 2.45) is 0 Å². The van der Waals surface area contributed by atoms with E-state index in [0.717, 1.165) is 42.2 Å². The van der Waals surface area contributed by atoms with Gasteiger partial charge in [0.25, 0.3) is 0 Å². The first kappa shape index (κ1) is 13.3. The summed E-state index contributed by atoms with van der Waals surface area (Å²) >= 11 is 0. The van der Waals surface area contributed by atoms with E-state index in [-0.39, 0.29) is 0 Å². The normalized spacial score (nSPS) is 17.2. The third-order valence-corrected chi connectivity index (χ3v) is 4.40. The summed E-state index contributed by atoms with van der Waals surface area (Å²) in [5.74, 6) is 2.23. The number of oxazole rings is 1. The molecule has 3 heteroatoms. The minimum Gasteiger partial charge on any atom is -0.441 e. The summed E-state index contributed by atoms with van der Waals surface area (Å²) in [5.41, 5.74) is 4.61. The fourth-order valence-corrected chi connectivity index (χ4v) is 3.24. The fourth-order valence-electron chi connectivity index (χ4n) is 3.24. The molecular formula is C19H18N2O. The summed E-state index contributed by atoms with van der Waals surface area (Å²) < 4.78 is 5.98. The third-order valence-electron chi connectivity index (χ3n) is 4.40. The van der Waals surface area contributed by atoms with Crippen molar-refractivity contribution in [2.75, 3.05) is 0 Å². The second-order valence-electron chi connectivity index (χ2n) is 5.90. The lowest BCUT2D eigenvalue weighted by atomic mass is 9.86. The van der Waals surface area contributed by atoms with E-state index in [9.17, 15) is 0 Å². The minimum atomic E-state index is 0.447. The molecule has 0 amide bonds. The van der Waals surface area contributed by atoms with E-state index in [4.69, 9.17) is 9.40 Å². The summed E-state index contributed by atoms with van der Waals surface area (Å²) in [5, 5.41) is 0. The number of pyridine rings is 1. The fraction of sp³-hybridized carbons (Fsp3) is 0.263. The molecule has 0 saturated heterocycles. The Bertz CT molecular complexity index is 792. The van der Waals surface area contributed by atoms with Gasteiger partial charge in [0.1, 0.15) is 5.76 Å². The Kier molecular flexibility index (Phi) is 3.26. The van der Waals surface area contributed by atoms with E-state index < -0.39 is 0 Å². The maximum Gasteiger partial charge on any atom is 0.226 e. The molecule has 0 fully saturated rings. The van der Waals surface area contributed by atoms with Gasteiger partial charge in [0.05, 0.1) is 5.69 Å². The molecule has 1 aromatic carbocycles. The van der Waals surface area contributed by atoms with Gasteiger partial charge < -0.3 is 4.42 Å². The highest BCUT2D eigenvalue weighted by Crippen LogP contribution is 2.34. The predicted octanol–water partition coefficient (Wildman–Crippen LogP) is 4.32. The van der Waals surface area contributed by atoms with Gasteiger partial charge in [0.2, 0.25) is 5.89 Å². The van der Waals surface area contributed by atoms with E-state index in [1.54, 1.807) is 0 Å². The lowest BCUT2D eigenvalue weighted by Crippen LogP contribution is -2.14. The van der Waals surface area contributed by atoms with Crippen LogP contribution in [0.5, 0.6) is 0 Å². The largest absolute Gasteiger partial charge is 0.441 e. The quantitative estimate of drug-likeness (QED) is 0.705. The lowest BCUT2D eigenvalue weighted by Gasteiger charge is -2.21. The summed E-state index contributed by atoms with van der Waals surface area (Å²) in [7, 11) is 0. The van der Waals surface area contributed by atoms with Crippen LogP contribution >= 0.6 is 0 Å². The van der Waals surface area contributed by atoms with Crippen LogP contribution in [-0.4, -0.2) is 9.97 Å². The summed E-state index contributed by atoms with van der Waals surface area (Å²) in [4.78, 5) is 9.31. The highest BCUT2D eigenvalue weighted by molar-refractivity contribution is 5.53. The molecule has 0 radical (unpaired) electrons. The first-order valence-corrected chi connectivity index (χ1v) is 7.77. The van der Waals surface area contributed by atoms with Crippen molar-refractivity contribution in [3.63, 3.8) is 0 Å². The Morgan fingerprint density at radius 3 is 2.77 bits per heavy atom. The van der Waals surface area contributed by atoms with Gasteiger partial charge in [0.15, 0.2) is 0 Å². The third kappa shape index (κ3) is 2.33. The van der Waals surface area contributed by atoms with Crippen molar-refractivity contribution < 1.29 is 4.42 Å². The molecule has 0 bridgehead atoms. The SMILES string of the molecule is Cc1cccnc1C1CCc2oc(-c3ccccc3)nc2C1. The topological polar surface area (TPSA) is 38.9 Å². The van der Waals surface area contributed by atoms with Gasteiger partial charge in [-0.2, -0.15) is 0 Å². The van der Waals surface area contributed by atoms with Gasteiger partial charge in [-0.15, -0.1) is 0 Å². The molecule has 1 atom stereocenters. The first-order chi connectivity index (χ1) is 10.8. The van der Waals surface area contributed by atoms with Gasteiger partial charge in [-0.1, -0.05) is 24.3 Å². The van der Waals surface area contributed by atoms with Crippen molar-refractivity contribution in [2.45, 2.75) is 32.1 Å². The van der Waals surface area contributed by atoms with Gasteiger partial charge in [-0.25, -0.2) is 4.98 Å². The number of aromatic nitrogens is 2. The van der Waals surface area contributed by atoms with E-state index in [0.29, 0.717) is 5.92 Å². The molecule has 3 aromatic rings. The van der Waals surface area contributed by atoms with Gasteiger partial charge >= 0.3 is 0 Å². The Morgan fingerprint density at radius 2 is 1.95 bits per heavy atom. The van der Waals surface area contributed by atoms with Crippen molar-refractivity contribution in [3.05, 3.63) is 71.4 Å². The van der Waals surface area contributed by atoms with Crippen LogP contribution in [0.1, 0.15) is 35.1 Å². The minimum absolute atomic E-state index is 0.447. The molecule has 1 aliphatic carbocycles. The number of fused-ring (bicyclic) bond motifs is 1. The zero-order valence-corrected chi connectivity index (χ0v) is 12.6. The summed E-state index contributed by atoms with van der Waals surface area (Å²) in [6.45, 7) is 2.13. The highest BCUT2D eigenvalue weighted by Gasteiger charge is 2.27. The van der Waals surface area contributed by atoms with Crippen LogP contribution < -0.4 is 0 Å². The molecule has 0 saturated carbocycles. The van der Waals surface area contributed by atoms with Gasteiger partial charge in [-0.05, 0) is 37.1 Å². The molecule has 0 N–H and O–H groups in total. The van der Waals surface area contributed by atoms with E-state index in [2.05, 4.69) is 18.0 Å². The lowest BCUT2D eigenvalue weighted by molar-refractivity contribution is 0.460. The summed E-state index contributed by atoms with van der Waals surface area (Å²) in [6, 6.07) is 14.2. The maximum atomic E-state index is 5.98. The van der Waals surface area contributed by atoms with Crippen LogP contribution in [0.2, 0.25) is 0 Å². The average molecular weight is 290 g/mol. The van der Waals surface area contributed by atoms with Crippen LogP contribution in [0.4, 0.5) is 0 Å². The van der Waals surface area contributed by atoms with E-state index in [1.807, 2.05) is 42.6 Å². The van der Waals surface area contributed by atoms with Crippen LogP contribution in [0.15, 0.2) is 53.1 Å². The highest BCUT2D eigenvalue weighted by atomic mass is 16.4. The number of hydrogen-bond donors (Lipinski definition) is 0. The average Bonchev–Trinajstić information content (AvgIpc) is 2.99. The number of rotatable bonds is 2. The second kappa shape index (κ2) is 5.41. The second-order valence-corrected chi connectivity index (χ2v) is 5.90. The molecule has 2 aromatic heterocycles. The molecule has 0 aliphatic heterocycles. The van der Waals surface area contributed by atoms with Gasteiger partial charge in [-0.3, -0.25) is 4.98 Å². The molecule has 1 aliphatic rings. The standard InChI is InChI=1S/C19H18N2O/c1-13-6-5-11-20-18(13)15-9-10-17-16(12-15)21-19(22-17)14-7-3-2-4-8-14/h2-8,11,15H,9-10,12H2,1H3. The van der Waals surface area contributed by atoms with E-state index >= 15 is 0 Å². The Balaban J connectivity index is 1.64. The molecule has 1 unspecified atom stereocenters. The Morgan fingerprint density at radius 1 is 1.09 bits per heavy atom. The van der Waals surface area contributed by atoms with Crippen molar-refractivity contribution in [1.29, 1.82) is 0 Å². The number of benzene rings is 1. The smallest absolute Gasteiger partial charge is 0.226 e. The van der Waals surface area contributed by atoms with Crippen LogP contribution in [0, 0.1) is 6.92 Å². The van der Waals surface area contributed by atoms with Crippen molar-refractivity contribution in [1.82, 2.24) is 9.97 Å². The van der Waals surface area contributed by atoms with Crippen LogP contribution in [-0.2, 0) is 12.8 Å². The number of hydrogen-bond acceptors (Lipinski definition) is 3. The van der Waals surface area contributed by atoms with Gasteiger partial charge in [0, 0.05) is 36.2 Å². The molecule has 3 nitrogen and oxygen atoms in total. The molecule has 4 rings (SSSR count). The maximum absolute atomic E-state index is 5.98. The first-order valence-electron chi connectivity index (χ1n) is 7.77. The Hall–Kier alpha value is -2.42. The number of nitrogens with zero attached hydrogens (tertiary/aromatic N) is 2. The Labute approximate surface area is 130 Å². The van der Waals surface area contributed by atoms with Crippen LogP contribution in [0.25, 0.3) is 11.5 Å². The zero-order valence-electron chi connectivity index (χ0n) is 12.6. The molecule has 110 valence electrons. The monoisotopic (exact) mass is 290 g/mol. The molecular weight excluding hydrogens is 272 g/mol. The molecule has 0 spiro atoms. The number of aryl methyl sites for hydroxylation is 2. The van der Waals surface area contributed by atoms with Crippen molar-refractivity contribution >= 4 is 0 Å². The van der Waals surface area contributed by atoms with E-state index in [1.165, 1.54) is 11.3 Å². The summed E-state index contributed by atoms with van der Waals surface area (Å²) in [6.07, 6.45) is 4.82. The van der Waals surface area contributed by atoms with Crippen molar-refractivity contribution in [3.8, 4) is 11.5 Å². The molecule has 2 heterocycles. The van der Waals surface area contributed by atoms with Crippen LogP contribution in [0.3, 0.4) is 0 Å². The predicted molar refractivity (Wildman–Crippen MR) is 85.7 cm³/mol. The molecule has 22 heavy (non-hydrogen) atoms. The zero-order chi connectivity index (χ0) is 14.9.